The van der Waals surface area contributed by atoms with Crippen LogP contribution in [0.1, 0.15) is 20.8 Å². The largest absolute Gasteiger partial charge is 0.294 e. The van der Waals surface area contributed by atoms with Crippen LogP contribution in [-0.4, -0.2) is 34.9 Å². The molecule has 0 spiro atoms. The maximum absolute atomic E-state index is 12.3. The van der Waals surface area contributed by atoms with Gasteiger partial charge in [-0.2, -0.15) is 5.10 Å². The minimum Gasteiger partial charge on any atom is -0.294 e. The second-order valence-corrected chi connectivity index (χ2v) is 5.62. The van der Waals surface area contributed by atoms with Crippen LogP contribution in [0.5, 0.6) is 0 Å². The van der Waals surface area contributed by atoms with Gasteiger partial charge < -0.3 is 0 Å². The van der Waals surface area contributed by atoms with E-state index in [1.54, 1.807) is 6.08 Å². The van der Waals surface area contributed by atoms with E-state index in [1.165, 1.54) is 16.8 Å². The Labute approximate surface area is 107 Å². The number of hydrazone groups is 1. The number of amidine groups is 1. The molecule has 1 heterocycles. The first kappa shape index (κ1) is 14.1. The van der Waals surface area contributed by atoms with Gasteiger partial charge in [0.25, 0.3) is 5.91 Å². The molecule has 5 nitrogen and oxygen atoms in total. The minimum atomic E-state index is -0.323. The summed E-state index contributed by atoms with van der Waals surface area (Å²) < 4.78 is 0. The Morgan fingerprint density at radius 3 is 2.76 bits per heavy atom. The van der Waals surface area contributed by atoms with Crippen molar-refractivity contribution in [3.63, 3.8) is 0 Å². The molecule has 0 aromatic heterocycles. The van der Waals surface area contributed by atoms with Gasteiger partial charge in [-0.1, -0.05) is 38.6 Å². The van der Waals surface area contributed by atoms with Gasteiger partial charge in [0.1, 0.15) is 6.04 Å². The van der Waals surface area contributed by atoms with Crippen LogP contribution in [0.15, 0.2) is 17.8 Å². The van der Waals surface area contributed by atoms with Crippen LogP contribution in [-0.2, 0) is 4.79 Å². The Kier molecular flexibility index (Phi) is 4.59. The second-order valence-electron chi connectivity index (χ2n) is 4.85. The zero-order valence-corrected chi connectivity index (χ0v) is 11.6. The van der Waals surface area contributed by atoms with Crippen molar-refractivity contribution in [3.8, 4) is 0 Å². The van der Waals surface area contributed by atoms with E-state index in [0.29, 0.717) is 11.7 Å². The fourth-order valence-corrected chi connectivity index (χ4v) is 1.93. The predicted molar refractivity (Wildman–Crippen MR) is 72.4 cm³/mol. The standard InChI is InChI=1S/C11H20N4OS/c1-6-7-12-15-9(16)8(11(2,3)4)13-14-10(15)17-5/h6,8,12-13H,1,7H2,2-5H3. The molecule has 96 valence electrons. The molecule has 1 rings (SSSR count). The molecule has 0 radical (unpaired) electrons. The Morgan fingerprint density at radius 1 is 1.65 bits per heavy atom. The highest BCUT2D eigenvalue weighted by Crippen LogP contribution is 2.24. The van der Waals surface area contributed by atoms with Crippen molar-refractivity contribution in [2.24, 2.45) is 10.5 Å². The summed E-state index contributed by atoms with van der Waals surface area (Å²) in [6.07, 6.45) is 3.59. The fraction of sp³-hybridized carbons (Fsp3) is 0.636. The molecule has 1 atom stereocenters. The number of carbonyl (C=O) groups is 1. The molecule has 1 aliphatic heterocycles. The number of rotatable bonds is 3. The third-order valence-corrected chi connectivity index (χ3v) is 3.03. The van der Waals surface area contributed by atoms with Crippen molar-refractivity contribution < 1.29 is 4.79 Å². The van der Waals surface area contributed by atoms with Crippen LogP contribution in [0, 0.1) is 5.41 Å². The van der Waals surface area contributed by atoms with Crippen LogP contribution >= 0.6 is 11.8 Å². The molecule has 0 saturated carbocycles. The first-order valence-corrected chi connectivity index (χ1v) is 6.70. The molecule has 6 heteroatoms. The van der Waals surface area contributed by atoms with Gasteiger partial charge in [-0.15, -0.1) is 6.58 Å². The lowest BCUT2D eigenvalue weighted by Gasteiger charge is -2.37. The molecule has 0 fully saturated rings. The van der Waals surface area contributed by atoms with E-state index >= 15 is 0 Å². The lowest BCUT2D eigenvalue weighted by molar-refractivity contribution is -0.135. The molecule has 0 saturated heterocycles. The molecular weight excluding hydrogens is 236 g/mol. The van der Waals surface area contributed by atoms with Crippen LogP contribution in [0.2, 0.25) is 0 Å². The van der Waals surface area contributed by atoms with Gasteiger partial charge in [-0.3, -0.25) is 10.2 Å². The first-order valence-electron chi connectivity index (χ1n) is 5.47. The van der Waals surface area contributed by atoms with Crippen LogP contribution < -0.4 is 10.9 Å². The summed E-state index contributed by atoms with van der Waals surface area (Å²) in [6, 6.07) is -0.323. The molecule has 1 amide bonds. The van der Waals surface area contributed by atoms with Crippen molar-refractivity contribution in [1.82, 2.24) is 15.9 Å². The third-order valence-electron chi connectivity index (χ3n) is 2.39. The van der Waals surface area contributed by atoms with Gasteiger partial charge in [-0.25, -0.2) is 10.4 Å². The summed E-state index contributed by atoms with van der Waals surface area (Å²) in [5.41, 5.74) is 5.74. The summed E-state index contributed by atoms with van der Waals surface area (Å²) in [6.45, 7) is 10.2. The monoisotopic (exact) mass is 256 g/mol. The highest BCUT2D eigenvalue weighted by atomic mass is 32.2. The topological polar surface area (TPSA) is 56.7 Å². The number of carbonyl (C=O) groups excluding carboxylic acids is 1. The number of nitrogens with one attached hydrogen (secondary N) is 2. The number of hydrogen-bond donors (Lipinski definition) is 2. The normalized spacial score (nSPS) is 20.9. The lowest BCUT2D eigenvalue weighted by atomic mass is 9.86. The molecule has 0 bridgehead atoms. The van der Waals surface area contributed by atoms with Crippen LogP contribution in [0.3, 0.4) is 0 Å². The van der Waals surface area contributed by atoms with Gasteiger partial charge in [0.15, 0.2) is 0 Å². The van der Waals surface area contributed by atoms with Gasteiger partial charge >= 0.3 is 0 Å². The maximum atomic E-state index is 12.3. The van der Waals surface area contributed by atoms with Gasteiger partial charge in [0, 0.05) is 6.54 Å². The minimum absolute atomic E-state index is 0.0151. The van der Waals surface area contributed by atoms with E-state index in [-0.39, 0.29) is 17.4 Å². The zero-order valence-electron chi connectivity index (χ0n) is 10.8. The summed E-state index contributed by atoms with van der Waals surface area (Å²) in [7, 11) is 0. The summed E-state index contributed by atoms with van der Waals surface area (Å²) in [4.78, 5) is 12.3. The highest BCUT2D eigenvalue weighted by molar-refractivity contribution is 8.13. The third kappa shape index (κ3) is 3.23. The number of thioether (sulfide) groups is 1. The first-order chi connectivity index (χ1) is 7.91. The quantitative estimate of drug-likeness (QED) is 0.744. The Hall–Kier alpha value is -1.01. The van der Waals surface area contributed by atoms with Crippen LogP contribution in [0.4, 0.5) is 0 Å². The van der Waals surface area contributed by atoms with Crippen molar-refractivity contribution in [2.45, 2.75) is 26.8 Å². The van der Waals surface area contributed by atoms with Gasteiger partial charge in [0.2, 0.25) is 5.17 Å². The van der Waals surface area contributed by atoms with E-state index in [0.717, 1.165) is 0 Å². The maximum Gasteiger partial charge on any atom is 0.267 e. The van der Waals surface area contributed by atoms with E-state index in [2.05, 4.69) is 22.5 Å². The highest BCUT2D eigenvalue weighted by Gasteiger charge is 2.38. The number of hydrazine groups is 1. The Morgan fingerprint density at radius 2 is 2.29 bits per heavy atom. The van der Waals surface area contributed by atoms with Gasteiger partial charge in [-0.05, 0) is 11.7 Å². The summed E-state index contributed by atoms with van der Waals surface area (Å²) in [5, 5.41) is 6.34. The van der Waals surface area contributed by atoms with Gasteiger partial charge in [0.05, 0.1) is 0 Å². The molecule has 1 unspecified atom stereocenters. The molecule has 2 N–H and O–H groups in total. The smallest absolute Gasteiger partial charge is 0.267 e. The number of hydrogen-bond acceptors (Lipinski definition) is 5. The van der Waals surface area contributed by atoms with E-state index < -0.39 is 0 Å². The molecule has 0 aromatic carbocycles. The molecular formula is C11H20N4OS. The Bertz CT molecular complexity index is 335. The number of nitrogens with zero attached hydrogens (tertiary/aromatic N) is 2. The van der Waals surface area contributed by atoms with Crippen molar-refractivity contribution in [2.75, 3.05) is 12.8 Å². The average Bonchev–Trinajstić information content (AvgIpc) is 2.25. The average molecular weight is 256 g/mol. The van der Waals surface area contributed by atoms with Crippen molar-refractivity contribution in [3.05, 3.63) is 12.7 Å². The fourth-order valence-electron chi connectivity index (χ4n) is 1.45. The van der Waals surface area contributed by atoms with Crippen LogP contribution in [0.25, 0.3) is 0 Å². The summed E-state index contributed by atoms with van der Waals surface area (Å²) >= 11 is 1.42. The Balaban J connectivity index is 2.91. The molecule has 0 aromatic rings. The molecule has 1 aliphatic rings. The number of amides is 1. The SMILES string of the molecule is C=CCNN1C(=O)C(C(C)(C)C)NN=C1SC. The predicted octanol–water partition coefficient (Wildman–Crippen LogP) is 1.16. The molecule has 0 aliphatic carbocycles. The summed E-state index contributed by atoms with van der Waals surface area (Å²) in [5.74, 6) is -0.0151. The zero-order chi connectivity index (χ0) is 13.1. The van der Waals surface area contributed by atoms with Crippen molar-refractivity contribution >= 4 is 22.8 Å². The van der Waals surface area contributed by atoms with Crippen molar-refractivity contribution in [1.29, 1.82) is 0 Å². The second kappa shape index (κ2) is 5.55. The van der Waals surface area contributed by atoms with E-state index in [1.807, 2.05) is 27.0 Å². The molecule has 17 heavy (non-hydrogen) atoms. The van der Waals surface area contributed by atoms with E-state index in [9.17, 15) is 4.79 Å². The lowest BCUT2D eigenvalue weighted by Crippen LogP contribution is -2.60. The van der Waals surface area contributed by atoms with E-state index in [4.69, 9.17) is 0 Å².